The molecule has 0 aliphatic heterocycles. The van der Waals surface area contributed by atoms with Crippen LogP contribution in [0.4, 0.5) is 0 Å². The Balaban J connectivity index is 4.82. The van der Waals surface area contributed by atoms with Crippen molar-refractivity contribution in [3.63, 3.8) is 0 Å². The van der Waals surface area contributed by atoms with E-state index in [9.17, 15) is 33.9 Å². The number of nitrogens with one attached hydrogen (secondary N) is 3. The zero-order valence-corrected chi connectivity index (χ0v) is 17.9. The molecular formula is C17H31N9O7. The number of carboxylic acid groups (broad SMARTS) is 1. The predicted octanol–water partition coefficient (Wildman–Crippen LogP) is -5.32. The highest BCUT2D eigenvalue weighted by atomic mass is 16.4. The van der Waals surface area contributed by atoms with Gasteiger partial charge in [-0.15, -0.1) is 0 Å². The highest BCUT2D eigenvalue weighted by molar-refractivity contribution is 5.95. The molecule has 0 bridgehead atoms. The van der Waals surface area contributed by atoms with Crippen LogP contribution in [0.3, 0.4) is 0 Å². The Morgan fingerprint density at radius 1 is 0.848 bits per heavy atom. The van der Waals surface area contributed by atoms with Gasteiger partial charge in [0.1, 0.15) is 12.1 Å². The van der Waals surface area contributed by atoms with Crippen molar-refractivity contribution in [2.45, 2.75) is 50.2 Å². The number of rotatable bonds is 16. The molecule has 0 aliphatic carbocycles. The highest BCUT2D eigenvalue weighted by Gasteiger charge is 2.26. The van der Waals surface area contributed by atoms with Gasteiger partial charge < -0.3 is 49.7 Å². The lowest BCUT2D eigenvalue weighted by atomic mass is 10.1. The van der Waals surface area contributed by atoms with Gasteiger partial charge in [-0.05, 0) is 19.3 Å². The Morgan fingerprint density at radius 3 is 2.00 bits per heavy atom. The summed E-state index contributed by atoms with van der Waals surface area (Å²) in [5.41, 5.74) is 26.0. The first kappa shape index (κ1) is 29.1. The molecule has 0 radical (unpaired) electrons. The number of carbonyl (C=O) groups excluding carboxylic acids is 5. The fraction of sp³-hybridized carbons (Fsp3) is 0.588. The molecule has 3 unspecified atom stereocenters. The largest absolute Gasteiger partial charge is 0.480 e. The Bertz CT molecular complexity index is 768. The number of aliphatic carboxylic acids is 1. The SMILES string of the molecule is NC(=O)CCC(N)C(=O)NC(CC(N)=O)C(=O)NCC(=O)NC(CCCN=C(N)N)C(=O)O. The third-order valence-corrected chi connectivity index (χ3v) is 4.08. The summed E-state index contributed by atoms with van der Waals surface area (Å²) in [5, 5.41) is 15.8. The van der Waals surface area contributed by atoms with Gasteiger partial charge in [0.05, 0.1) is 19.0 Å². The molecule has 14 N–H and O–H groups in total. The number of carboxylic acids is 1. The smallest absolute Gasteiger partial charge is 0.326 e. The van der Waals surface area contributed by atoms with E-state index in [4.69, 9.17) is 28.7 Å². The van der Waals surface area contributed by atoms with Crippen molar-refractivity contribution in [1.29, 1.82) is 0 Å². The van der Waals surface area contributed by atoms with E-state index in [0.717, 1.165) is 0 Å². The van der Waals surface area contributed by atoms with Crippen LogP contribution < -0.4 is 44.6 Å². The molecule has 3 atom stereocenters. The van der Waals surface area contributed by atoms with Crippen LogP contribution in [0.5, 0.6) is 0 Å². The minimum absolute atomic E-state index is 0.0232. The van der Waals surface area contributed by atoms with Crippen molar-refractivity contribution in [1.82, 2.24) is 16.0 Å². The lowest BCUT2D eigenvalue weighted by Gasteiger charge is -2.20. The first-order valence-corrected chi connectivity index (χ1v) is 9.81. The standard InChI is InChI=1S/C17H31N9O7/c18-8(3-4-11(19)27)14(30)26-10(6-12(20)28)15(31)24-7-13(29)25-9(16(32)33)2-1-5-23-17(21)22/h8-10H,1-7,18H2,(H2,19,27)(H2,20,28)(H,24,31)(H,25,29)(H,26,30)(H,32,33)(H4,21,22,23). The predicted molar refractivity (Wildman–Crippen MR) is 115 cm³/mol. The number of nitrogens with zero attached hydrogens (tertiary/aromatic N) is 1. The van der Waals surface area contributed by atoms with Crippen molar-refractivity contribution in [3.8, 4) is 0 Å². The van der Waals surface area contributed by atoms with Gasteiger partial charge in [0, 0.05) is 13.0 Å². The number of nitrogens with two attached hydrogens (primary N) is 5. The molecule has 0 aliphatic rings. The molecule has 0 saturated carbocycles. The number of aliphatic imine (C=N–C) groups is 1. The number of guanidine groups is 1. The molecular weight excluding hydrogens is 442 g/mol. The van der Waals surface area contributed by atoms with Gasteiger partial charge in [0.2, 0.25) is 29.5 Å². The zero-order valence-electron chi connectivity index (χ0n) is 17.9. The van der Waals surface area contributed by atoms with Gasteiger partial charge in [-0.3, -0.25) is 29.0 Å². The van der Waals surface area contributed by atoms with Crippen molar-refractivity contribution in [3.05, 3.63) is 0 Å². The van der Waals surface area contributed by atoms with Crippen LogP contribution in [-0.4, -0.2) is 77.8 Å². The van der Waals surface area contributed by atoms with E-state index in [-0.39, 0.29) is 38.2 Å². The van der Waals surface area contributed by atoms with Crippen LogP contribution >= 0.6 is 0 Å². The van der Waals surface area contributed by atoms with Crippen LogP contribution in [0.25, 0.3) is 0 Å². The van der Waals surface area contributed by atoms with Crippen LogP contribution in [0.15, 0.2) is 4.99 Å². The Hall–Kier alpha value is -3.95. The molecule has 0 rings (SSSR count). The number of primary amides is 2. The molecule has 0 spiro atoms. The molecule has 0 heterocycles. The van der Waals surface area contributed by atoms with Crippen molar-refractivity contribution >= 4 is 41.5 Å². The van der Waals surface area contributed by atoms with E-state index in [1.807, 2.05) is 0 Å². The number of hydrogen-bond donors (Lipinski definition) is 9. The summed E-state index contributed by atoms with van der Waals surface area (Å²) in [4.78, 5) is 73.4. The number of hydrogen-bond acceptors (Lipinski definition) is 8. The Kier molecular flexibility index (Phi) is 13.2. The van der Waals surface area contributed by atoms with Crippen molar-refractivity contribution in [2.75, 3.05) is 13.1 Å². The number of carbonyl (C=O) groups is 6. The molecule has 0 fully saturated rings. The van der Waals surface area contributed by atoms with E-state index in [2.05, 4.69) is 20.9 Å². The second-order valence-corrected chi connectivity index (χ2v) is 6.97. The number of amides is 5. The average molecular weight is 473 g/mol. The summed E-state index contributed by atoms with van der Waals surface area (Å²) in [6.45, 7) is -0.482. The summed E-state index contributed by atoms with van der Waals surface area (Å²) < 4.78 is 0. The molecule has 5 amide bonds. The van der Waals surface area contributed by atoms with Gasteiger partial charge >= 0.3 is 5.97 Å². The van der Waals surface area contributed by atoms with Gasteiger partial charge in [-0.25, -0.2) is 4.79 Å². The molecule has 0 aromatic carbocycles. The van der Waals surface area contributed by atoms with Crippen LogP contribution in [0.2, 0.25) is 0 Å². The van der Waals surface area contributed by atoms with Gasteiger partial charge in [-0.2, -0.15) is 0 Å². The van der Waals surface area contributed by atoms with Gasteiger partial charge in [-0.1, -0.05) is 0 Å². The molecule has 33 heavy (non-hydrogen) atoms. The fourth-order valence-electron chi connectivity index (χ4n) is 2.41. The zero-order chi connectivity index (χ0) is 25.6. The van der Waals surface area contributed by atoms with Crippen LogP contribution in [0, 0.1) is 0 Å². The Labute approximate surface area is 189 Å². The van der Waals surface area contributed by atoms with E-state index in [1.165, 1.54) is 0 Å². The summed E-state index contributed by atoms with van der Waals surface area (Å²) in [6.07, 6.45) is -0.559. The third kappa shape index (κ3) is 13.9. The fourth-order valence-corrected chi connectivity index (χ4v) is 2.41. The van der Waals surface area contributed by atoms with E-state index < -0.39 is 66.6 Å². The maximum absolute atomic E-state index is 12.3. The minimum Gasteiger partial charge on any atom is -0.480 e. The Morgan fingerprint density at radius 2 is 1.48 bits per heavy atom. The first-order chi connectivity index (χ1) is 15.3. The average Bonchev–Trinajstić information content (AvgIpc) is 2.70. The topological polar surface area (TPSA) is 301 Å². The maximum atomic E-state index is 12.3. The molecule has 0 aromatic heterocycles. The molecule has 16 heteroatoms. The highest BCUT2D eigenvalue weighted by Crippen LogP contribution is 2.00. The normalized spacial score (nSPS) is 13.0. The third-order valence-electron chi connectivity index (χ3n) is 4.08. The van der Waals surface area contributed by atoms with Crippen molar-refractivity contribution in [2.24, 2.45) is 33.7 Å². The van der Waals surface area contributed by atoms with E-state index >= 15 is 0 Å². The molecule has 0 saturated heterocycles. The summed E-state index contributed by atoms with van der Waals surface area (Å²) in [5.74, 6) is -5.65. The molecule has 16 nitrogen and oxygen atoms in total. The lowest BCUT2D eigenvalue weighted by Crippen LogP contribution is -2.54. The second-order valence-electron chi connectivity index (χ2n) is 6.97. The van der Waals surface area contributed by atoms with Crippen molar-refractivity contribution < 1.29 is 33.9 Å². The molecule has 186 valence electrons. The van der Waals surface area contributed by atoms with Crippen LogP contribution in [-0.2, 0) is 28.8 Å². The summed E-state index contributed by atoms with van der Waals surface area (Å²) in [7, 11) is 0. The van der Waals surface area contributed by atoms with Gasteiger partial charge in [0.25, 0.3) is 0 Å². The maximum Gasteiger partial charge on any atom is 0.326 e. The van der Waals surface area contributed by atoms with Gasteiger partial charge in [0.15, 0.2) is 5.96 Å². The second kappa shape index (κ2) is 15.0. The van der Waals surface area contributed by atoms with Crippen LogP contribution in [0.1, 0.15) is 32.1 Å². The van der Waals surface area contributed by atoms with E-state index in [0.29, 0.717) is 0 Å². The quantitative estimate of drug-likeness (QED) is 0.0582. The molecule has 0 aromatic rings. The summed E-state index contributed by atoms with van der Waals surface area (Å²) in [6, 6.07) is -3.88. The van der Waals surface area contributed by atoms with E-state index in [1.54, 1.807) is 0 Å². The first-order valence-electron chi connectivity index (χ1n) is 9.81. The minimum atomic E-state index is -1.45. The lowest BCUT2D eigenvalue weighted by molar-refractivity contribution is -0.142. The summed E-state index contributed by atoms with van der Waals surface area (Å²) >= 11 is 0. The monoisotopic (exact) mass is 473 g/mol.